The molecule has 102 valence electrons. The van der Waals surface area contributed by atoms with Crippen LogP contribution in [0.15, 0.2) is 18.2 Å². The van der Waals surface area contributed by atoms with E-state index in [2.05, 4.69) is 19.2 Å². The van der Waals surface area contributed by atoms with Gasteiger partial charge in [-0.25, -0.2) is 4.39 Å². The Morgan fingerprint density at radius 1 is 1.39 bits per heavy atom. The molecule has 18 heavy (non-hydrogen) atoms. The number of halogens is 2. The zero-order chi connectivity index (χ0) is 13.6. The molecule has 0 aliphatic rings. The largest absolute Gasteiger partial charge is 0.385 e. The molecule has 0 unspecified atom stereocenters. The fourth-order valence-electron chi connectivity index (χ4n) is 1.66. The highest BCUT2D eigenvalue weighted by atomic mass is 35.5. The Morgan fingerprint density at radius 2 is 2.11 bits per heavy atom. The highest BCUT2D eigenvalue weighted by Crippen LogP contribution is 2.19. The Labute approximate surface area is 113 Å². The summed E-state index contributed by atoms with van der Waals surface area (Å²) in [6, 6.07) is 4.89. The lowest BCUT2D eigenvalue weighted by Crippen LogP contribution is -2.30. The molecule has 1 N–H and O–H groups in total. The highest BCUT2D eigenvalue weighted by molar-refractivity contribution is 6.30. The van der Waals surface area contributed by atoms with Crippen molar-refractivity contribution in [3.05, 3.63) is 34.6 Å². The zero-order valence-corrected chi connectivity index (χ0v) is 12.0. The Balaban J connectivity index is 2.39. The van der Waals surface area contributed by atoms with Crippen LogP contribution in [0.3, 0.4) is 0 Å². The lowest BCUT2D eigenvalue weighted by molar-refractivity contribution is 0.150. The standard InChI is InChI=1S/C14H21ClFNO/c1-14(2,6-7-18-3)10-17-9-11-4-5-12(15)13(16)8-11/h4-5,8,17H,6-7,9-10H2,1-3H3. The van der Waals surface area contributed by atoms with E-state index in [-0.39, 0.29) is 16.3 Å². The van der Waals surface area contributed by atoms with Crippen LogP contribution in [0, 0.1) is 11.2 Å². The van der Waals surface area contributed by atoms with Crippen molar-refractivity contribution in [3.63, 3.8) is 0 Å². The van der Waals surface area contributed by atoms with Gasteiger partial charge < -0.3 is 10.1 Å². The molecule has 0 aromatic heterocycles. The summed E-state index contributed by atoms with van der Waals surface area (Å²) in [4.78, 5) is 0. The van der Waals surface area contributed by atoms with Crippen molar-refractivity contribution in [2.24, 2.45) is 5.41 Å². The predicted molar refractivity (Wildman–Crippen MR) is 73.4 cm³/mol. The molecule has 2 nitrogen and oxygen atoms in total. The summed E-state index contributed by atoms with van der Waals surface area (Å²) in [5.74, 6) is -0.366. The number of rotatable bonds is 7. The number of hydrogen-bond acceptors (Lipinski definition) is 2. The van der Waals surface area contributed by atoms with Gasteiger partial charge in [0.1, 0.15) is 5.82 Å². The number of benzene rings is 1. The number of nitrogens with one attached hydrogen (secondary N) is 1. The van der Waals surface area contributed by atoms with Gasteiger partial charge in [-0.15, -0.1) is 0 Å². The third-order valence-electron chi connectivity index (χ3n) is 2.90. The third-order valence-corrected chi connectivity index (χ3v) is 3.21. The predicted octanol–water partition coefficient (Wildman–Crippen LogP) is 3.63. The van der Waals surface area contributed by atoms with E-state index in [1.165, 1.54) is 6.07 Å². The number of ether oxygens (including phenoxy) is 1. The van der Waals surface area contributed by atoms with E-state index in [0.717, 1.165) is 25.1 Å². The molecule has 4 heteroatoms. The van der Waals surface area contributed by atoms with Crippen molar-refractivity contribution in [1.82, 2.24) is 5.32 Å². The van der Waals surface area contributed by atoms with Crippen molar-refractivity contribution in [3.8, 4) is 0 Å². The van der Waals surface area contributed by atoms with Crippen LogP contribution >= 0.6 is 11.6 Å². The fraction of sp³-hybridized carbons (Fsp3) is 0.571. The summed E-state index contributed by atoms with van der Waals surface area (Å²) in [7, 11) is 1.71. The summed E-state index contributed by atoms with van der Waals surface area (Å²) in [5, 5.41) is 3.50. The molecule has 0 fully saturated rings. The molecular weight excluding hydrogens is 253 g/mol. The quantitative estimate of drug-likeness (QED) is 0.819. The summed E-state index contributed by atoms with van der Waals surface area (Å²) in [6.45, 7) is 6.62. The second kappa shape index (κ2) is 7.07. The molecule has 0 saturated heterocycles. The maximum Gasteiger partial charge on any atom is 0.142 e. The van der Waals surface area contributed by atoms with Crippen molar-refractivity contribution < 1.29 is 9.13 Å². The molecule has 1 aromatic carbocycles. The Kier molecular flexibility index (Phi) is 6.06. The SMILES string of the molecule is COCCC(C)(C)CNCc1ccc(Cl)c(F)c1. The number of hydrogen-bond donors (Lipinski definition) is 1. The zero-order valence-electron chi connectivity index (χ0n) is 11.2. The van der Waals surface area contributed by atoms with E-state index in [1.807, 2.05) is 6.07 Å². The van der Waals surface area contributed by atoms with Gasteiger partial charge in [0.25, 0.3) is 0 Å². The van der Waals surface area contributed by atoms with E-state index >= 15 is 0 Å². The molecule has 0 atom stereocenters. The molecule has 0 amide bonds. The Hall–Kier alpha value is -0.640. The second-order valence-electron chi connectivity index (χ2n) is 5.26. The topological polar surface area (TPSA) is 21.3 Å². The normalized spacial score (nSPS) is 11.8. The van der Waals surface area contributed by atoms with Crippen molar-refractivity contribution in [2.75, 3.05) is 20.3 Å². The van der Waals surface area contributed by atoms with Gasteiger partial charge in [0, 0.05) is 26.8 Å². The first-order chi connectivity index (χ1) is 8.44. The first-order valence-electron chi connectivity index (χ1n) is 6.08. The Bertz CT molecular complexity index is 382. The van der Waals surface area contributed by atoms with Gasteiger partial charge in [-0.2, -0.15) is 0 Å². The van der Waals surface area contributed by atoms with Crippen molar-refractivity contribution >= 4 is 11.6 Å². The minimum Gasteiger partial charge on any atom is -0.385 e. The maximum absolute atomic E-state index is 13.2. The van der Waals surface area contributed by atoms with Crippen LogP contribution in [0.5, 0.6) is 0 Å². The smallest absolute Gasteiger partial charge is 0.142 e. The van der Waals surface area contributed by atoms with E-state index in [4.69, 9.17) is 16.3 Å². The van der Waals surface area contributed by atoms with Crippen LogP contribution in [0.4, 0.5) is 4.39 Å². The van der Waals surface area contributed by atoms with E-state index in [9.17, 15) is 4.39 Å². The average molecular weight is 274 g/mol. The second-order valence-corrected chi connectivity index (χ2v) is 5.67. The van der Waals surface area contributed by atoms with Crippen LogP contribution < -0.4 is 5.32 Å². The van der Waals surface area contributed by atoms with Crippen LogP contribution in [0.1, 0.15) is 25.8 Å². The summed E-state index contributed by atoms with van der Waals surface area (Å²) < 4.78 is 18.3. The van der Waals surface area contributed by atoms with Gasteiger partial charge in [0.15, 0.2) is 0 Å². The van der Waals surface area contributed by atoms with Gasteiger partial charge in [0.05, 0.1) is 5.02 Å². The summed E-state index contributed by atoms with van der Waals surface area (Å²) in [6.07, 6.45) is 0.992. The van der Waals surface area contributed by atoms with Crippen molar-refractivity contribution in [2.45, 2.75) is 26.8 Å². The molecule has 0 bridgehead atoms. The molecule has 0 radical (unpaired) electrons. The van der Waals surface area contributed by atoms with Crippen LogP contribution in [-0.2, 0) is 11.3 Å². The fourth-order valence-corrected chi connectivity index (χ4v) is 1.78. The van der Waals surface area contributed by atoms with E-state index in [0.29, 0.717) is 6.54 Å². The number of methoxy groups -OCH3 is 1. The van der Waals surface area contributed by atoms with E-state index < -0.39 is 0 Å². The molecule has 0 aliphatic heterocycles. The molecule has 0 heterocycles. The van der Waals surface area contributed by atoms with Crippen molar-refractivity contribution in [1.29, 1.82) is 0 Å². The summed E-state index contributed by atoms with van der Waals surface area (Å²) in [5.41, 5.74) is 1.07. The van der Waals surface area contributed by atoms with Gasteiger partial charge in [0.2, 0.25) is 0 Å². The first kappa shape index (κ1) is 15.4. The first-order valence-corrected chi connectivity index (χ1v) is 6.46. The molecule has 0 aliphatic carbocycles. The lowest BCUT2D eigenvalue weighted by atomic mass is 9.89. The highest BCUT2D eigenvalue weighted by Gasteiger charge is 2.16. The molecule has 1 aromatic rings. The lowest BCUT2D eigenvalue weighted by Gasteiger charge is -2.24. The Morgan fingerprint density at radius 3 is 2.72 bits per heavy atom. The average Bonchev–Trinajstić information content (AvgIpc) is 2.31. The maximum atomic E-state index is 13.2. The molecular formula is C14H21ClFNO. The summed E-state index contributed by atoms with van der Waals surface area (Å²) >= 11 is 5.64. The van der Waals surface area contributed by atoms with Crippen LogP contribution in [0.25, 0.3) is 0 Å². The molecule has 0 spiro atoms. The minimum atomic E-state index is -0.366. The third kappa shape index (κ3) is 5.34. The van der Waals surface area contributed by atoms with Gasteiger partial charge in [-0.1, -0.05) is 31.5 Å². The van der Waals surface area contributed by atoms with Gasteiger partial charge >= 0.3 is 0 Å². The van der Waals surface area contributed by atoms with Gasteiger partial charge in [-0.3, -0.25) is 0 Å². The minimum absolute atomic E-state index is 0.166. The van der Waals surface area contributed by atoms with E-state index in [1.54, 1.807) is 13.2 Å². The van der Waals surface area contributed by atoms with Crippen LogP contribution in [-0.4, -0.2) is 20.3 Å². The van der Waals surface area contributed by atoms with Gasteiger partial charge in [-0.05, 0) is 29.5 Å². The molecule has 0 saturated carbocycles. The van der Waals surface area contributed by atoms with Crippen LogP contribution in [0.2, 0.25) is 5.02 Å². The monoisotopic (exact) mass is 273 g/mol. The molecule has 1 rings (SSSR count).